The number of nitrogens with zero attached hydrogens (tertiary/aromatic N) is 4. The van der Waals surface area contributed by atoms with Crippen molar-refractivity contribution in [3.05, 3.63) is 60.4 Å². The van der Waals surface area contributed by atoms with Gasteiger partial charge in [-0.2, -0.15) is 0 Å². The number of para-hydroxylation sites is 1. The van der Waals surface area contributed by atoms with Gasteiger partial charge in [0, 0.05) is 31.4 Å². The maximum atomic E-state index is 12.3. The summed E-state index contributed by atoms with van der Waals surface area (Å²) < 4.78 is 1.91. The van der Waals surface area contributed by atoms with Crippen LogP contribution in [0.3, 0.4) is 0 Å². The average molecular weight is 394 g/mol. The molecule has 3 aromatic rings. The molecule has 28 heavy (non-hydrogen) atoms. The van der Waals surface area contributed by atoms with Crippen molar-refractivity contribution in [3.8, 4) is 5.69 Å². The molecule has 0 radical (unpaired) electrons. The summed E-state index contributed by atoms with van der Waals surface area (Å²) in [4.78, 5) is 19.0. The van der Waals surface area contributed by atoms with Gasteiger partial charge < -0.3 is 10.2 Å². The predicted molar refractivity (Wildman–Crippen MR) is 113 cm³/mol. The topological polar surface area (TPSA) is 63.1 Å². The lowest BCUT2D eigenvalue weighted by Gasteiger charge is -2.12. The lowest BCUT2D eigenvalue weighted by molar-refractivity contribution is -0.113. The van der Waals surface area contributed by atoms with Gasteiger partial charge in [-0.1, -0.05) is 30.0 Å². The largest absolute Gasteiger partial charge is 0.378 e. The monoisotopic (exact) mass is 393 g/mol. The maximum Gasteiger partial charge on any atom is 0.234 e. The quantitative estimate of drug-likeness (QED) is 0.616. The van der Waals surface area contributed by atoms with Crippen molar-refractivity contribution >= 4 is 29.0 Å². The van der Waals surface area contributed by atoms with Crippen LogP contribution >= 0.6 is 11.8 Å². The maximum absolute atomic E-state index is 12.3. The summed E-state index contributed by atoms with van der Waals surface area (Å²) in [5.41, 5.74) is 2.89. The van der Waals surface area contributed by atoms with E-state index in [1.807, 2.05) is 78.3 Å². The minimum absolute atomic E-state index is 0.0633. The second-order valence-electron chi connectivity index (χ2n) is 7.05. The predicted octanol–water partition coefficient (Wildman–Crippen LogP) is 3.94. The van der Waals surface area contributed by atoms with E-state index in [2.05, 4.69) is 15.4 Å². The first-order chi connectivity index (χ1) is 13.6. The first kappa shape index (κ1) is 18.6. The van der Waals surface area contributed by atoms with Crippen molar-refractivity contribution in [3.63, 3.8) is 0 Å². The molecule has 0 spiro atoms. The van der Waals surface area contributed by atoms with E-state index in [-0.39, 0.29) is 11.7 Å². The zero-order valence-electron chi connectivity index (χ0n) is 16.0. The fourth-order valence-electron chi connectivity index (χ4n) is 2.90. The van der Waals surface area contributed by atoms with Gasteiger partial charge in [-0.05, 0) is 49.2 Å². The molecular formula is C21H23N5OS. The number of nitrogens with one attached hydrogen (secondary N) is 1. The van der Waals surface area contributed by atoms with Crippen LogP contribution in [0.15, 0.2) is 59.8 Å². The summed E-state index contributed by atoms with van der Waals surface area (Å²) in [7, 11) is 3.98. The zero-order chi connectivity index (χ0) is 19.5. The van der Waals surface area contributed by atoms with Crippen LogP contribution in [0, 0.1) is 0 Å². The first-order valence-corrected chi connectivity index (χ1v) is 10.3. The third kappa shape index (κ3) is 4.36. The first-order valence-electron chi connectivity index (χ1n) is 9.32. The third-order valence-corrected chi connectivity index (χ3v) is 5.39. The normalized spacial score (nSPS) is 13.4. The molecule has 2 aromatic carbocycles. The fourth-order valence-corrected chi connectivity index (χ4v) is 3.53. The van der Waals surface area contributed by atoms with Gasteiger partial charge in [0.2, 0.25) is 11.1 Å². The summed E-state index contributed by atoms with van der Waals surface area (Å²) in [5, 5.41) is 8.20. The summed E-state index contributed by atoms with van der Waals surface area (Å²) in [5.74, 6) is 1.68. The smallest absolute Gasteiger partial charge is 0.234 e. The van der Waals surface area contributed by atoms with Crippen LogP contribution < -0.4 is 10.2 Å². The lowest BCUT2D eigenvalue weighted by atomic mass is 10.2. The van der Waals surface area contributed by atoms with Crippen LogP contribution in [0.5, 0.6) is 0 Å². The van der Waals surface area contributed by atoms with Gasteiger partial charge in [0.15, 0.2) is 0 Å². The minimum atomic E-state index is -0.0633. The van der Waals surface area contributed by atoms with Crippen LogP contribution in [-0.2, 0) is 4.79 Å². The van der Waals surface area contributed by atoms with E-state index in [1.165, 1.54) is 11.8 Å². The van der Waals surface area contributed by atoms with Crippen LogP contribution in [0.2, 0.25) is 0 Å². The molecule has 7 heteroatoms. The molecule has 1 aliphatic rings. The summed E-state index contributed by atoms with van der Waals surface area (Å²) >= 11 is 1.37. The lowest BCUT2D eigenvalue weighted by Crippen LogP contribution is -2.14. The van der Waals surface area contributed by atoms with E-state index in [1.54, 1.807) is 0 Å². The molecule has 1 saturated carbocycles. The molecule has 1 aromatic heterocycles. The van der Waals surface area contributed by atoms with E-state index in [0.29, 0.717) is 11.1 Å². The molecule has 1 amide bonds. The second kappa shape index (κ2) is 8.06. The van der Waals surface area contributed by atoms with Crippen molar-refractivity contribution in [1.29, 1.82) is 0 Å². The van der Waals surface area contributed by atoms with Crippen molar-refractivity contribution in [2.24, 2.45) is 0 Å². The Kier molecular flexibility index (Phi) is 5.34. The van der Waals surface area contributed by atoms with Crippen molar-refractivity contribution in [2.45, 2.75) is 23.9 Å². The standard InChI is InChI=1S/C21H23N5OS/c1-25(2)17-12-10-16(11-13-17)22-19(27)14-28-21-23-20(15-8-9-15)26(24-21)18-6-4-3-5-7-18/h3-7,10-13,15H,8-9,14H2,1-2H3,(H,22,27). The fraction of sp³-hybridized carbons (Fsp3) is 0.286. The Labute approximate surface area is 169 Å². The number of benzene rings is 2. The number of hydrogen-bond acceptors (Lipinski definition) is 5. The number of amides is 1. The number of anilines is 2. The molecule has 0 atom stereocenters. The van der Waals surface area contributed by atoms with E-state index < -0.39 is 0 Å². The van der Waals surface area contributed by atoms with Gasteiger partial charge in [-0.25, -0.2) is 9.67 Å². The summed E-state index contributed by atoms with van der Waals surface area (Å²) in [6, 6.07) is 17.8. The highest BCUT2D eigenvalue weighted by Crippen LogP contribution is 2.40. The number of carbonyl (C=O) groups is 1. The van der Waals surface area contributed by atoms with Gasteiger partial charge in [-0.15, -0.1) is 5.10 Å². The van der Waals surface area contributed by atoms with Crippen LogP contribution in [-0.4, -0.2) is 40.5 Å². The van der Waals surface area contributed by atoms with Crippen molar-refractivity contribution in [2.75, 3.05) is 30.1 Å². The molecule has 1 heterocycles. The molecular weight excluding hydrogens is 370 g/mol. The Hall–Kier alpha value is -2.80. The Morgan fingerprint density at radius 2 is 1.86 bits per heavy atom. The van der Waals surface area contributed by atoms with E-state index >= 15 is 0 Å². The van der Waals surface area contributed by atoms with Crippen LogP contribution in [0.25, 0.3) is 5.69 Å². The van der Waals surface area contributed by atoms with E-state index in [9.17, 15) is 4.79 Å². The Morgan fingerprint density at radius 1 is 1.14 bits per heavy atom. The molecule has 4 rings (SSSR count). The summed E-state index contributed by atoms with van der Waals surface area (Å²) in [6.07, 6.45) is 2.30. The Bertz CT molecular complexity index is 949. The zero-order valence-corrected chi connectivity index (χ0v) is 16.8. The second-order valence-corrected chi connectivity index (χ2v) is 7.99. The molecule has 6 nitrogen and oxygen atoms in total. The van der Waals surface area contributed by atoms with Gasteiger partial charge in [0.05, 0.1) is 11.4 Å². The highest BCUT2D eigenvalue weighted by molar-refractivity contribution is 7.99. The minimum Gasteiger partial charge on any atom is -0.378 e. The third-order valence-electron chi connectivity index (χ3n) is 4.56. The number of thioether (sulfide) groups is 1. The number of hydrogen-bond donors (Lipinski definition) is 1. The van der Waals surface area contributed by atoms with Crippen LogP contribution in [0.1, 0.15) is 24.6 Å². The molecule has 0 bridgehead atoms. The van der Waals surface area contributed by atoms with Crippen LogP contribution in [0.4, 0.5) is 11.4 Å². The average Bonchev–Trinajstić information content (AvgIpc) is 3.47. The number of aromatic nitrogens is 3. The number of carbonyl (C=O) groups excluding carboxylic acids is 1. The van der Waals surface area contributed by atoms with E-state index in [4.69, 9.17) is 0 Å². The molecule has 0 unspecified atom stereocenters. The Morgan fingerprint density at radius 3 is 2.50 bits per heavy atom. The molecule has 1 aliphatic carbocycles. The van der Waals surface area contributed by atoms with E-state index in [0.717, 1.165) is 35.7 Å². The van der Waals surface area contributed by atoms with Crippen molar-refractivity contribution < 1.29 is 4.79 Å². The highest BCUT2D eigenvalue weighted by Gasteiger charge is 2.30. The van der Waals surface area contributed by atoms with Gasteiger partial charge in [-0.3, -0.25) is 4.79 Å². The molecule has 0 saturated heterocycles. The molecule has 1 fully saturated rings. The van der Waals surface area contributed by atoms with Gasteiger partial charge in [0.25, 0.3) is 0 Å². The van der Waals surface area contributed by atoms with Crippen molar-refractivity contribution in [1.82, 2.24) is 14.8 Å². The Balaban J connectivity index is 1.40. The summed E-state index contributed by atoms with van der Waals surface area (Å²) in [6.45, 7) is 0. The van der Waals surface area contributed by atoms with Gasteiger partial charge in [0.1, 0.15) is 5.82 Å². The molecule has 1 N–H and O–H groups in total. The SMILES string of the molecule is CN(C)c1ccc(NC(=O)CSc2nc(C3CC3)n(-c3ccccc3)n2)cc1. The van der Waals surface area contributed by atoms with Gasteiger partial charge >= 0.3 is 0 Å². The highest BCUT2D eigenvalue weighted by atomic mass is 32.2. The molecule has 144 valence electrons. The molecule has 0 aliphatic heterocycles. The number of rotatable bonds is 7.